The summed E-state index contributed by atoms with van der Waals surface area (Å²) in [7, 11) is 0. The zero-order valence-corrected chi connectivity index (χ0v) is 20.7. The molecule has 1 heterocycles. The van der Waals surface area contributed by atoms with Gasteiger partial charge in [-0.05, 0) is 36.6 Å². The summed E-state index contributed by atoms with van der Waals surface area (Å²) in [5, 5.41) is 30.7. The fourth-order valence-electron chi connectivity index (χ4n) is 3.23. The van der Waals surface area contributed by atoms with Crippen molar-refractivity contribution in [2.45, 2.75) is 19.9 Å². The normalized spacial score (nSPS) is 11.3. The molecule has 7 nitrogen and oxygen atoms in total. The second kappa shape index (κ2) is 13.8. The molecular formula is C28H25CuN3O4. The maximum atomic E-state index is 11.8. The number of hydrogen-bond donors (Lipinski definition) is 1. The van der Waals surface area contributed by atoms with E-state index in [4.69, 9.17) is 10.2 Å². The second-order valence-electron chi connectivity index (χ2n) is 7.64. The molecule has 0 aliphatic heterocycles. The quantitative estimate of drug-likeness (QED) is 0.183. The van der Waals surface area contributed by atoms with Gasteiger partial charge in [-0.15, -0.1) is 0 Å². The third-order valence-electron chi connectivity index (χ3n) is 5.03. The van der Waals surface area contributed by atoms with Crippen LogP contribution in [-0.4, -0.2) is 11.6 Å². The molecule has 36 heavy (non-hydrogen) atoms. The first-order valence-electron chi connectivity index (χ1n) is 10.9. The molecule has 0 saturated heterocycles. The van der Waals surface area contributed by atoms with E-state index >= 15 is 0 Å². The Morgan fingerprint density at radius 2 is 1.33 bits per heavy atom. The minimum atomic E-state index is -0.788. The van der Waals surface area contributed by atoms with Crippen LogP contribution in [0, 0.1) is 6.92 Å². The van der Waals surface area contributed by atoms with E-state index in [0.717, 1.165) is 11.1 Å². The average Bonchev–Trinajstić information content (AvgIpc) is 2.88. The van der Waals surface area contributed by atoms with Crippen LogP contribution in [0.15, 0.2) is 116 Å². The predicted molar refractivity (Wildman–Crippen MR) is 133 cm³/mol. The van der Waals surface area contributed by atoms with E-state index in [2.05, 4.69) is 34.5 Å². The Hall–Kier alpha value is -3.97. The molecule has 0 unspecified atom stereocenters. The fourth-order valence-corrected chi connectivity index (χ4v) is 3.23. The van der Waals surface area contributed by atoms with Crippen LogP contribution in [0.3, 0.4) is 0 Å². The van der Waals surface area contributed by atoms with Crippen LogP contribution in [0.4, 0.5) is 0 Å². The molecule has 4 aromatic rings. The Morgan fingerprint density at radius 3 is 1.81 bits per heavy atom. The van der Waals surface area contributed by atoms with Crippen molar-refractivity contribution in [2.75, 3.05) is 0 Å². The molecule has 0 fully saturated rings. The first-order valence-corrected chi connectivity index (χ1v) is 10.9. The molecule has 1 aromatic heterocycles. The topological polar surface area (TPSA) is 127 Å². The summed E-state index contributed by atoms with van der Waals surface area (Å²) >= 11 is 0. The van der Waals surface area contributed by atoms with Gasteiger partial charge in [0, 0.05) is 5.90 Å². The molecule has 0 spiro atoms. The zero-order chi connectivity index (χ0) is 25.2. The smallest absolute Gasteiger partial charge is 0.872 e. The number of benzene rings is 3. The molecule has 0 atom stereocenters. The van der Waals surface area contributed by atoms with Gasteiger partial charge in [-0.1, -0.05) is 96.7 Å². The molecule has 0 saturated carbocycles. The van der Waals surface area contributed by atoms with E-state index in [1.807, 2.05) is 36.4 Å². The van der Waals surface area contributed by atoms with Gasteiger partial charge >= 0.3 is 22.7 Å². The van der Waals surface area contributed by atoms with Gasteiger partial charge in [0.2, 0.25) is 0 Å². The van der Waals surface area contributed by atoms with Gasteiger partial charge in [0.25, 0.3) is 0 Å². The van der Waals surface area contributed by atoms with Crippen LogP contribution in [0.2, 0.25) is 0 Å². The van der Waals surface area contributed by atoms with E-state index in [1.54, 1.807) is 30.3 Å². The van der Waals surface area contributed by atoms with E-state index < -0.39 is 17.3 Å². The van der Waals surface area contributed by atoms with Crippen molar-refractivity contribution in [1.82, 2.24) is 0 Å². The van der Waals surface area contributed by atoms with Crippen LogP contribution < -0.4 is 21.6 Å². The molecule has 2 N–H and O–H groups in total. The summed E-state index contributed by atoms with van der Waals surface area (Å²) in [6.45, 7) is 2.92. The number of hydrogen-bond acceptors (Lipinski definition) is 7. The molecule has 0 bridgehead atoms. The van der Waals surface area contributed by atoms with Crippen molar-refractivity contribution < 1.29 is 31.7 Å². The third-order valence-corrected chi connectivity index (χ3v) is 5.03. The summed E-state index contributed by atoms with van der Waals surface area (Å²) in [6.07, 6.45) is 0. The summed E-state index contributed by atoms with van der Waals surface area (Å²) in [5.74, 6) is -0.842. The van der Waals surface area contributed by atoms with Crippen LogP contribution >= 0.6 is 0 Å². The molecule has 0 aliphatic carbocycles. The average molecular weight is 531 g/mol. The van der Waals surface area contributed by atoms with Gasteiger partial charge in [-0.25, -0.2) is 4.79 Å². The van der Waals surface area contributed by atoms with Crippen LogP contribution in [0.5, 0.6) is 5.75 Å². The van der Waals surface area contributed by atoms with Crippen LogP contribution in [0.25, 0.3) is 0 Å². The van der Waals surface area contributed by atoms with Crippen molar-refractivity contribution >= 4 is 11.6 Å². The summed E-state index contributed by atoms with van der Waals surface area (Å²) < 4.78 is 4.84. The molecule has 4 rings (SSSR count). The van der Waals surface area contributed by atoms with Gasteiger partial charge in [-0.2, -0.15) is 10.2 Å². The number of nitrogens with two attached hydrogens (primary N) is 1. The van der Waals surface area contributed by atoms with E-state index in [9.17, 15) is 15.0 Å². The number of rotatable bonds is 5. The van der Waals surface area contributed by atoms with Crippen molar-refractivity contribution in [3.8, 4) is 5.75 Å². The van der Waals surface area contributed by atoms with E-state index in [-0.39, 0.29) is 40.1 Å². The Morgan fingerprint density at radius 1 is 0.861 bits per heavy atom. The van der Waals surface area contributed by atoms with Gasteiger partial charge in [0.1, 0.15) is 5.76 Å². The van der Waals surface area contributed by atoms with Crippen molar-refractivity contribution in [1.29, 1.82) is 0 Å². The van der Waals surface area contributed by atoms with Gasteiger partial charge < -0.3 is 20.4 Å². The van der Waals surface area contributed by atoms with Crippen molar-refractivity contribution in [3.63, 3.8) is 0 Å². The monoisotopic (exact) mass is 530 g/mol. The molecular weight excluding hydrogens is 506 g/mol. The first-order chi connectivity index (χ1) is 16.9. The first kappa shape index (κ1) is 28.3. The second-order valence-corrected chi connectivity index (χ2v) is 7.64. The molecule has 187 valence electrons. The van der Waals surface area contributed by atoms with Gasteiger partial charge in [0.15, 0.2) is 0 Å². The Balaban J connectivity index is 0.000000265. The maximum absolute atomic E-state index is 11.8. The molecule has 8 heteroatoms. The minimum absolute atomic E-state index is 0. The van der Waals surface area contributed by atoms with Crippen molar-refractivity contribution in [2.24, 2.45) is 15.9 Å². The fraction of sp³-hybridized carbons (Fsp3) is 0.107. The molecule has 3 aromatic carbocycles. The Labute approximate surface area is 220 Å². The predicted octanol–water partition coefficient (Wildman–Crippen LogP) is 3.29. The zero-order valence-electron chi connectivity index (χ0n) is 19.7. The SMILES string of the molecule is C/C(=N\N=C(/[O-])c1ccccc1)c1c([O-])cc(C)oc1=O.NC(c1ccccc1)c1ccccc1.[Cu+2]. The van der Waals surface area contributed by atoms with Gasteiger partial charge in [0.05, 0.1) is 17.3 Å². The largest absolute Gasteiger partial charge is 2.00 e. The minimum Gasteiger partial charge on any atom is -0.872 e. The third kappa shape index (κ3) is 7.78. The number of aryl methyl sites for hydroxylation is 1. The Bertz CT molecular complexity index is 1320. The Kier molecular flexibility index (Phi) is 10.8. The summed E-state index contributed by atoms with van der Waals surface area (Å²) in [5.41, 5.74) is 7.82. The van der Waals surface area contributed by atoms with Gasteiger partial charge in [-0.3, -0.25) is 0 Å². The number of nitrogens with zero attached hydrogens (tertiary/aromatic N) is 2. The maximum Gasteiger partial charge on any atom is 2.00 e. The molecule has 0 aliphatic rings. The van der Waals surface area contributed by atoms with E-state index in [1.165, 1.54) is 19.9 Å². The van der Waals surface area contributed by atoms with Crippen LogP contribution in [-0.2, 0) is 17.1 Å². The summed E-state index contributed by atoms with van der Waals surface area (Å²) in [4.78, 5) is 11.6. The molecule has 0 amide bonds. The molecule has 1 radical (unpaired) electrons. The summed E-state index contributed by atoms with van der Waals surface area (Å²) in [6, 6.07) is 29.8. The standard InChI is InChI=1S/C15H14N2O4.C13H13N.Cu/c1-9-8-12(18)13(15(20)21-9)10(2)16-17-14(19)11-6-4-3-5-7-11;14-13(11-7-3-1-4-8-11)12-9-5-2-6-10-12;/h3-8,18H,1-2H3,(H,17,19);1-10,13H,14H2;/q;;+2/p-2/b16-10+;;. The van der Waals surface area contributed by atoms with Crippen molar-refractivity contribution in [3.05, 3.63) is 135 Å². The van der Waals surface area contributed by atoms with Crippen LogP contribution in [0.1, 0.15) is 41.0 Å². The van der Waals surface area contributed by atoms with E-state index in [0.29, 0.717) is 5.56 Å².